The molecular weight excluding hydrogens is 368 g/mol. The fraction of sp³-hybridized carbons (Fsp3) is 0.381. The molecule has 2 aromatic heterocycles. The van der Waals surface area contributed by atoms with E-state index in [0.717, 1.165) is 28.0 Å². The number of benzene rings is 1. The van der Waals surface area contributed by atoms with Gasteiger partial charge in [-0.15, -0.1) is 0 Å². The maximum atomic E-state index is 6.22. The molecule has 0 aliphatic carbocycles. The van der Waals surface area contributed by atoms with Crippen molar-refractivity contribution in [2.24, 2.45) is 5.73 Å². The van der Waals surface area contributed by atoms with Gasteiger partial charge in [0.25, 0.3) is 0 Å². The Balaban J connectivity index is 1.75. The number of nitrogens with two attached hydrogens (primary N) is 2. The molecule has 4 rings (SSSR count). The molecule has 1 aliphatic heterocycles. The first-order valence-electron chi connectivity index (χ1n) is 9.70. The van der Waals surface area contributed by atoms with Crippen LogP contribution < -0.4 is 21.1 Å². The summed E-state index contributed by atoms with van der Waals surface area (Å²) >= 11 is 0. The van der Waals surface area contributed by atoms with E-state index in [0.29, 0.717) is 37.0 Å². The zero-order chi connectivity index (χ0) is 20.5. The number of methoxy groups -OCH3 is 1. The topological polar surface area (TPSA) is 112 Å². The monoisotopic (exact) mass is 394 g/mol. The zero-order valence-electron chi connectivity index (χ0n) is 16.9. The SMILES string of the molecule is COc1ccc(-c2ccc3c(N)nc(N4C[C@@H](C)O[C@@H](C)C4)nc3n2)cc1CN. The van der Waals surface area contributed by atoms with Crippen molar-refractivity contribution in [3.63, 3.8) is 0 Å². The Bertz CT molecular complexity index is 1030. The minimum absolute atomic E-state index is 0.104. The molecule has 8 nitrogen and oxygen atoms in total. The quantitative estimate of drug-likeness (QED) is 0.693. The molecule has 2 atom stereocenters. The summed E-state index contributed by atoms with van der Waals surface area (Å²) in [5, 5.41) is 0.736. The average Bonchev–Trinajstić information content (AvgIpc) is 2.72. The van der Waals surface area contributed by atoms with Gasteiger partial charge in [0.1, 0.15) is 11.6 Å². The molecule has 0 unspecified atom stereocenters. The number of aromatic nitrogens is 3. The van der Waals surface area contributed by atoms with Crippen LogP contribution in [0.25, 0.3) is 22.3 Å². The van der Waals surface area contributed by atoms with E-state index < -0.39 is 0 Å². The lowest BCUT2D eigenvalue weighted by Crippen LogP contribution is -2.46. The molecule has 4 N–H and O–H groups in total. The molecule has 1 aliphatic rings. The van der Waals surface area contributed by atoms with Crippen LogP contribution in [-0.4, -0.2) is 47.4 Å². The normalized spacial score (nSPS) is 19.5. The highest BCUT2D eigenvalue weighted by Gasteiger charge is 2.25. The average molecular weight is 394 g/mol. The van der Waals surface area contributed by atoms with Crippen LogP contribution in [0.5, 0.6) is 5.75 Å². The number of rotatable bonds is 4. The third kappa shape index (κ3) is 3.81. The van der Waals surface area contributed by atoms with Crippen molar-refractivity contribution in [1.82, 2.24) is 15.0 Å². The third-order valence-electron chi connectivity index (χ3n) is 5.08. The summed E-state index contributed by atoms with van der Waals surface area (Å²) in [4.78, 5) is 16.1. The molecule has 1 aromatic carbocycles. The molecule has 3 heterocycles. The molecule has 1 fully saturated rings. The molecule has 0 bridgehead atoms. The highest BCUT2D eigenvalue weighted by atomic mass is 16.5. The van der Waals surface area contributed by atoms with E-state index in [1.54, 1.807) is 7.11 Å². The number of morpholine rings is 1. The molecule has 0 amide bonds. The third-order valence-corrected chi connectivity index (χ3v) is 5.08. The Hall–Kier alpha value is -2.97. The van der Waals surface area contributed by atoms with E-state index >= 15 is 0 Å². The lowest BCUT2D eigenvalue weighted by Gasteiger charge is -2.35. The van der Waals surface area contributed by atoms with Crippen LogP contribution in [0, 0.1) is 0 Å². The highest BCUT2D eigenvalue weighted by Crippen LogP contribution is 2.28. The van der Waals surface area contributed by atoms with Gasteiger partial charge in [-0.1, -0.05) is 0 Å². The molecule has 3 aromatic rings. The Kier molecular flexibility index (Phi) is 5.21. The van der Waals surface area contributed by atoms with E-state index in [2.05, 4.69) is 9.88 Å². The second kappa shape index (κ2) is 7.81. The molecule has 152 valence electrons. The van der Waals surface area contributed by atoms with Crippen LogP contribution in [0.15, 0.2) is 30.3 Å². The van der Waals surface area contributed by atoms with Gasteiger partial charge in [-0.2, -0.15) is 9.97 Å². The van der Waals surface area contributed by atoms with Crippen LogP contribution in [0.2, 0.25) is 0 Å². The van der Waals surface area contributed by atoms with E-state index in [9.17, 15) is 0 Å². The molecule has 8 heteroatoms. The lowest BCUT2D eigenvalue weighted by atomic mass is 10.1. The van der Waals surface area contributed by atoms with Gasteiger partial charge in [-0.05, 0) is 44.2 Å². The predicted octanol–water partition coefficient (Wildman–Crippen LogP) is 2.35. The van der Waals surface area contributed by atoms with Crippen molar-refractivity contribution in [2.45, 2.75) is 32.6 Å². The zero-order valence-corrected chi connectivity index (χ0v) is 16.9. The first-order chi connectivity index (χ1) is 14.0. The fourth-order valence-corrected chi connectivity index (χ4v) is 3.76. The molecule has 0 saturated carbocycles. The van der Waals surface area contributed by atoms with Crippen molar-refractivity contribution in [1.29, 1.82) is 0 Å². The molecule has 0 radical (unpaired) electrons. The molecule has 0 spiro atoms. The van der Waals surface area contributed by atoms with Gasteiger partial charge in [0.2, 0.25) is 5.95 Å². The Morgan fingerprint density at radius 1 is 1.10 bits per heavy atom. The minimum Gasteiger partial charge on any atom is -0.496 e. The lowest BCUT2D eigenvalue weighted by molar-refractivity contribution is -0.00569. The van der Waals surface area contributed by atoms with Crippen molar-refractivity contribution in [3.05, 3.63) is 35.9 Å². The second-order valence-electron chi connectivity index (χ2n) is 7.37. The maximum Gasteiger partial charge on any atom is 0.229 e. The van der Waals surface area contributed by atoms with Crippen molar-refractivity contribution in [2.75, 3.05) is 30.8 Å². The van der Waals surface area contributed by atoms with Crippen LogP contribution in [-0.2, 0) is 11.3 Å². The Morgan fingerprint density at radius 3 is 2.55 bits per heavy atom. The van der Waals surface area contributed by atoms with Crippen LogP contribution >= 0.6 is 0 Å². The summed E-state index contributed by atoms with van der Waals surface area (Å²) in [7, 11) is 1.64. The number of nitrogen functional groups attached to an aromatic ring is 1. The number of hydrogen-bond donors (Lipinski definition) is 2. The number of fused-ring (bicyclic) bond motifs is 1. The van der Waals surface area contributed by atoms with E-state index in [-0.39, 0.29) is 12.2 Å². The number of pyridine rings is 1. The fourth-order valence-electron chi connectivity index (χ4n) is 3.76. The summed E-state index contributed by atoms with van der Waals surface area (Å²) in [5.41, 5.74) is 15.3. The van der Waals surface area contributed by atoms with Gasteiger partial charge in [-0.3, -0.25) is 0 Å². The Labute approximate surface area is 169 Å². The van der Waals surface area contributed by atoms with Gasteiger partial charge in [0.05, 0.1) is 30.4 Å². The predicted molar refractivity (Wildman–Crippen MR) is 114 cm³/mol. The van der Waals surface area contributed by atoms with Gasteiger partial charge in [0, 0.05) is 30.8 Å². The van der Waals surface area contributed by atoms with Crippen molar-refractivity contribution in [3.8, 4) is 17.0 Å². The summed E-state index contributed by atoms with van der Waals surface area (Å²) < 4.78 is 11.2. The molecule has 1 saturated heterocycles. The number of anilines is 2. The number of nitrogens with zero attached hydrogens (tertiary/aromatic N) is 4. The Morgan fingerprint density at radius 2 is 1.86 bits per heavy atom. The number of hydrogen-bond acceptors (Lipinski definition) is 8. The van der Waals surface area contributed by atoms with Gasteiger partial charge < -0.3 is 25.8 Å². The summed E-state index contributed by atoms with van der Waals surface area (Å²) in [6, 6.07) is 9.68. The van der Waals surface area contributed by atoms with E-state index in [1.807, 2.05) is 44.2 Å². The second-order valence-corrected chi connectivity index (χ2v) is 7.37. The standard InChI is InChI=1S/C21H26N6O2/c1-12-10-27(11-13(2)29-12)21-25-19(23)16-5-6-17(24-20(16)26-21)14-4-7-18(28-3)15(8-14)9-22/h4-8,12-13H,9-11,22H2,1-3H3,(H2,23,24,25,26)/t12-,13+. The van der Waals surface area contributed by atoms with Crippen molar-refractivity contribution >= 4 is 22.8 Å². The smallest absolute Gasteiger partial charge is 0.229 e. The van der Waals surface area contributed by atoms with Gasteiger partial charge in [-0.25, -0.2) is 4.98 Å². The minimum atomic E-state index is 0.104. The van der Waals surface area contributed by atoms with Crippen LogP contribution in [0.4, 0.5) is 11.8 Å². The first-order valence-corrected chi connectivity index (χ1v) is 9.70. The largest absolute Gasteiger partial charge is 0.496 e. The number of ether oxygens (including phenoxy) is 2. The summed E-state index contributed by atoms with van der Waals surface area (Å²) in [5.74, 6) is 1.77. The summed E-state index contributed by atoms with van der Waals surface area (Å²) in [6.07, 6.45) is 0.208. The first kappa shape index (κ1) is 19.4. The summed E-state index contributed by atoms with van der Waals surface area (Å²) in [6.45, 7) is 5.90. The maximum absolute atomic E-state index is 6.22. The van der Waals surface area contributed by atoms with Gasteiger partial charge >= 0.3 is 0 Å². The van der Waals surface area contributed by atoms with Crippen LogP contribution in [0.1, 0.15) is 19.4 Å². The van der Waals surface area contributed by atoms with Gasteiger partial charge in [0.15, 0.2) is 5.65 Å². The molecular formula is C21H26N6O2. The van der Waals surface area contributed by atoms with Crippen LogP contribution in [0.3, 0.4) is 0 Å². The molecule has 29 heavy (non-hydrogen) atoms. The van der Waals surface area contributed by atoms with E-state index in [4.69, 9.17) is 30.9 Å². The van der Waals surface area contributed by atoms with Crippen molar-refractivity contribution < 1.29 is 9.47 Å². The highest BCUT2D eigenvalue weighted by molar-refractivity contribution is 5.88. The van der Waals surface area contributed by atoms with E-state index in [1.165, 1.54) is 0 Å².